The Morgan fingerprint density at radius 3 is 2.88 bits per heavy atom. The minimum Gasteiger partial charge on any atom is -0.376 e. The number of ether oxygens (including phenoxy) is 1. The maximum atomic E-state index is 13.1. The zero-order chi connectivity index (χ0) is 18.1. The van der Waals surface area contributed by atoms with Crippen LogP contribution in [0, 0.1) is 12.8 Å². The maximum Gasteiger partial charge on any atom is 0.272 e. The van der Waals surface area contributed by atoms with Crippen molar-refractivity contribution in [1.82, 2.24) is 14.9 Å². The highest BCUT2D eigenvalue weighted by molar-refractivity contribution is 5.93. The molecule has 7 nitrogen and oxygen atoms in total. The lowest BCUT2D eigenvalue weighted by molar-refractivity contribution is -0.203. The van der Waals surface area contributed by atoms with Crippen molar-refractivity contribution in [3.8, 4) is 0 Å². The van der Waals surface area contributed by atoms with Crippen LogP contribution in [0.4, 0.5) is 0 Å². The highest BCUT2D eigenvalue weighted by Gasteiger charge is 2.45. The van der Waals surface area contributed by atoms with Crippen LogP contribution in [0.5, 0.6) is 0 Å². The van der Waals surface area contributed by atoms with E-state index in [2.05, 4.69) is 4.98 Å². The van der Waals surface area contributed by atoms with Gasteiger partial charge in [0.05, 0.1) is 24.7 Å². The number of hydrogen-bond donors (Lipinski definition) is 0. The van der Waals surface area contributed by atoms with Crippen LogP contribution in [-0.2, 0) is 14.4 Å². The first-order valence-corrected chi connectivity index (χ1v) is 9.44. The van der Waals surface area contributed by atoms with E-state index in [9.17, 15) is 9.59 Å². The molecule has 3 aliphatic rings. The van der Waals surface area contributed by atoms with Crippen molar-refractivity contribution >= 4 is 11.8 Å². The third-order valence-electron chi connectivity index (χ3n) is 5.47. The van der Waals surface area contributed by atoms with E-state index < -0.39 is 0 Å². The van der Waals surface area contributed by atoms with Gasteiger partial charge in [0.15, 0.2) is 0 Å². The van der Waals surface area contributed by atoms with Gasteiger partial charge in [0.2, 0.25) is 0 Å². The molecule has 0 radical (unpaired) electrons. The van der Waals surface area contributed by atoms with Crippen molar-refractivity contribution in [2.75, 3.05) is 26.3 Å². The van der Waals surface area contributed by atoms with E-state index in [4.69, 9.17) is 9.57 Å². The molecule has 1 aromatic rings. The molecule has 0 spiro atoms. The molecule has 3 aliphatic heterocycles. The van der Waals surface area contributed by atoms with Crippen LogP contribution in [0.2, 0.25) is 0 Å². The SMILES string of the molecule is Cc1cccc(C(=O)N2C[C@H](C(=O)N3CCCCO3)C[C@@H]3OCC[C@@H]32)n1. The average molecular weight is 359 g/mol. The number of hydrogen-bond acceptors (Lipinski definition) is 5. The van der Waals surface area contributed by atoms with E-state index in [-0.39, 0.29) is 29.9 Å². The standard InChI is InChI=1S/C19H25N3O4/c1-13-5-4-6-15(20-13)19(24)21-12-14(11-17-16(21)7-10-25-17)18(23)22-8-2-3-9-26-22/h4-6,14,16-17H,2-3,7-12H2,1H3/t14-,16+,17+/m1/s1. The highest BCUT2D eigenvalue weighted by Crippen LogP contribution is 2.33. The third-order valence-corrected chi connectivity index (χ3v) is 5.47. The summed E-state index contributed by atoms with van der Waals surface area (Å²) in [7, 11) is 0. The van der Waals surface area contributed by atoms with Gasteiger partial charge in [0.1, 0.15) is 5.69 Å². The second-order valence-corrected chi connectivity index (χ2v) is 7.30. The normalized spacial score (nSPS) is 28.7. The summed E-state index contributed by atoms with van der Waals surface area (Å²) in [6.45, 7) is 4.10. The summed E-state index contributed by atoms with van der Waals surface area (Å²) in [6, 6.07) is 5.47. The van der Waals surface area contributed by atoms with E-state index in [1.54, 1.807) is 11.0 Å². The smallest absolute Gasteiger partial charge is 0.272 e. The van der Waals surface area contributed by atoms with Crippen molar-refractivity contribution in [3.63, 3.8) is 0 Å². The first-order valence-electron chi connectivity index (χ1n) is 9.44. The number of nitrogens with zero attached hydrogens (tertiary/aromatic N) is 3. The number of piperidine rings is 1. The van der Waals surface area contributed by atoms with Gasteiger partial charge >= 0.3 is 0 Å². The van der Waals surface area contributed by atoms with Crippen molar-refractivity contribution in [1.29, 1.82) is 0 Å². The summed E-state index contributed by atoms with van der Waals surface area (Å²) in [5, 5.41) is 1.48. The number of carbonyl (C=O) groups excluding carboxylic acids is 2. The number of pyridine rings is 1. The maximum absolute atomic E-state index is 13.1. The van der Waals surface area contributed by atoms with Gasteiger partial charge in [0.25, 0.3) is 11.8 Å². The molecular formula is C19H25N3O4. The Bertz CT molecular complexity index is 689. The first kappa shape index (κ1) is 17.4. The average Bonchev–Trinajstić information content (AvgIpc) is 3.15. The molecule has 1 aromatic heterocycles. The van der Waals surface area contributed by atoms with Crippen molar-refractivity contribution in [2.45, 2.75) is 44.8 Å². The van der Waals surface area contributed by atoms with Gasteiger partial charge in [-0.05, 0) is 44.7 Å². The minimum absolute atomic E-state index is 0.0242. The number of aromatic nitrogens is 1. The largest absolute Gasteiger partial charge is 0.376 e. The molecule has 0 bridgehead atoms. The lowest BCUT2D eigenvalue weighted by Gasteiger charge is -2.41. The fraction of sp³-hybridized carbons (Fsp3) is 0.632. The van der Waals surface area contributed by atoms with Gasteiger partial charge in [0, 0.05) is 25.4 Å². The number of hydroxylamine groups is 2. The van der Waals surface area contributed by atoms with Crippen LogP contribution < -0.4 is 0 Å². The number of rotatable bonds is 2. The van der Waals surface area contributed by atoms with Crippen LogP contribution in [0.3, 0.4) is 0 Å². The molecule has 3 saturated heterocycles. The summed E-state index contributed by atoms with van der Waals surface area (Å²) in [5.74, 6) is -0.443. The van der Waals surface area contributed by atoms with Gasteiger partial charge in [-0.25, -0.2) is 10.0 Å². The highest BCUT2D eigenvalue weighted by atomic mass is 16.7. The molecule has 2 amide bonds. The van der Waals surface area contributed by atoms with Gasteiger partial charge in [-0.15, -0.1) is 0 Å². The second-order valence-electron chi connectivity index (χ2n) is 7.30. The summed E-state index contributed by atoms with van der Waals surface area (Å²) in [4.78, 5) is 37.7. The molecule has 4 rings (SSSR count). The molecule has 7 heteroatoms. The van der Waals surface area contributed by atoms with Crippen molar-refractivity contribution in [3.05, 3.63) is 29.6 Å². The Kier molecular flexibility index (Phi) is 4.91. The Morgan fingerprint density at radius 2 is 2.12 bits per heavy atom. The molecule has 0 saturated carbocycles. The molecule has 3 fully saturated rings. The van der Waals surface area contributed by atoms with Crippen LogP contribution >= 0.6 is 0 Å². The Labute approximate surface area is 153 Å². The summed E-state index contributed by atoms with van der Waals surface area (Å²) >= 11 is 0. The van der Waals surface area contributed by atoms with E-state index in [0.717, 1.165) is 25.0 Å². The van der Waals surface area contributed by atoms with E-state index in [1.165, 1.54) is 5.06 Å². The zero-order valence-electron chi connectivity index (χ0n) is 15.1. The van der Waals surface area contributed by atoms with Crippen LogP contribution in [0.25, 0.3) is 0 Å². The van der Waals surface area contributed by atoms with Gasteiger partial charge in [-0.3, -0.25) is 14.4 Å². The number of fused-ring (bicyclic) bond motifs is 1. The third kappa shape index (κ3) is 3.33. The van der Waals surface area contributed by atoms with Crippen LogP contribution in [-0.4, -0.2) is 65.2 Å². The van der Waals surface area contributed by atoms with Crippen LogP contribution in [0.1, 0.15) is 41.9 Å². The second kappa shape index (κ2) is 7.32. The van der Waals surface area contributed by atoms with E-state index in [1.807, 2.05) is 19.1 Å². The fourth-order valence-corrected chi connectivity index (χ4v) is 4.14. The monoisotopic (exact) mass is 359 g/mol. The van der Waals surface area contributed by atoms with Gasteiger partial charge in [-0.2, -0.15) is 0 Å². The lowest BCUT2D eigenvalue weighted by atomic mass is 9.89. The van der Waals surface area contributed by atoms with Gasteiger partial charge in [-0.1, -0.05) is 6.07 Å². The van der Waals surface area contributed by atoms with Crippen LogP contribution in [0.15, 0.2) is 18.2 Å². The first-order chi connectivity index (χ1) is 12.6. The Balaban J connectivity index is 1.54. The number of carbonyl (C=O) groups is 2. The molecule has 0 aromatic carbocycles. The quantitative estimate of drug-likeness (QED) is 0.801. The Hall–Kier alpha value is -1.99. The zero-order valence-corrected chi connectivity index (χ0v) is 15.1. The molecule has 140 valence electrons. The molecule has 26 heavy (non-hydrogen) atoms. The summed E-state index contributed by atoms with van der Waals surface area (Å²) in [6.07, 6.45) is 3.30. The molecule has 0 N–H and O–H groups in total. The van der Waals surface area contributed by atoms with E-state index >= 15 is 0 Å². The predicted octanol–water partition coefficient (Wildman–Crippen LogP) is 1.56. The molecule has 3 atom stereocenters. The molecule has 4 heterocycles. The minimum atomic E-state index is -0.291. The molecule has 0 aliphatic carbocycles. The van der Waals surface area contributed by atoms with Crippen molar-refractivity contribution < 1.29 is 19.2 Å². The topological polar surface area (TPSA) is 72.0 Å². The Morgan fingerprint density at radius 1 is 1.23 bits per heavy atom. The number of aryl methyl sites for hydroxylation is 1. The number of likely N-dealkylation sites (tertiary alicyclic amines) is 1. The van der Waals surface area contributed by atoms with Crippen molar-refractivity contribution in [2.24, 2.45) is 5.92 Å². The predicted molar refractivity (Wildman–Crippen MR) is 93.2 cm³/mol. The molecular weight excluding hydrogens is 334 g/mol. The fourth-order valence-electron chi connectivity index (χ4n) is 4.14. The number of amides is 2. The van der Waals surface area contributed by atoms with Gasteiger partial charge < -0.3 is 9.64 Å². The summed E-state index contributed by atoms with van der Waals surface area (Å²) < 4.78 is 5.84. The lowest BCUT2D eigenvalue weighted by Crippen LogP contribution is -2.55. The van der Waals surface area contributed by atoms with E-state index in [0.29, 0.717) is 38.4 Å². The molecule has 0 unspecified atom stereocenters. The summed E-state index contributed by atoms with van der Waals surface area (Å²) in [5.41, 5.74) is 1.24.